The van der Waals surface area contributed by atoms with Gasteiger partial charge in [-0.25, -0.2) is 4.99 Å². The summed E-state index contributed by atoms with van der Waals surface area (Å²) in [4.78, 5) is 13.8. The molecule has 128 valence electrons. The second-order valence-corrected chi connectivity index (χ2v) is 5.37. The molecule has 0 saturated carbocycles. The molecular formula is C15H19F3N2O3. The fraction of sp³-hybridized carbons (Fsp3) is 0.533. The molecule has 1 rings (SSSR count). The van der Waals surface area contributed by atoms with Gasteiger partial charge in [-0.2, -0.15) is 13.2 Å². The molecule has 0 aliphatic heterocycles. The molecule has 0 amide bonds. The summed E-state index contributed by atoms with van der Waals surface area (Å²) in [6, 6.07) is 2.66. The number of aliphatic imine (C=N–C) groups is 1. The topological polar surface area (TPSA) is 64.7 Å². The van der Waals surface area contributed by atoms with Gasteiger partial charge in [0.05, 0.1) is 17.2 Å². The molecule has 0 saturated heterocycles. The Balaban J connectivity index is 3.37. The van der Waals surface area contributed by atoms with Gasteiger partial charge in [0.15, 0.2) is 5.90 Å². The normalized spacial score (nSPS) is 14.0. The van der Waals surface area contributed by atoms with Gasteiger partial charge in [0.25, 0.3) is 5.69 Å². The predicted octanol–water partition coefficient (Wildman–Crippen LogP) is 4.97. The summed E-state index contributed by atoms with van der Waals surface area (Å²) in [6.45, 7) is 7.82. The minimum atomic E-state index is -4.83. The summed E-state index contributed by atoms with van der Waals surface area (Å²) in [7, 11) is 0. The highest BCUT2D eigenvalue weighted by Crippen LogP contribution is 2.38. The highest BCUT2D eigenvalue weighted by Gasteiger charge is 2.38. The van der Waals surface area contributed by atoms with E-state index in [1.165, 1.54) is 6.07 Å². The van der Waals surface area contributed by atoms with Crippen molar-refractivity contribution in [2.24, 2.45) is 16.8 Å². The van der Waals surface area contributed by atoms with E-state index in [9.17, 15) is 23.3 Å². The second-order valence-electron chi connectivity index (χ2n) is 5.37. The number of halogens is 3. The van der Waals surface area contributed by atoms with Crippen molar-refractivity contribution in [1.82, 2.24) is 0 Å². The Bertz CT molecular complexity index is 598. The molecule has 0 heterocycles. The third-order valence-electron chi connectivity index (χ3n) is 3.40. The van der Waals surface area contributed by atoms with Crippen LogP contribution in [0.5, 0.6) is 0 Å². The van der Waals surface area contributed by atoms with E-state index >= 15 is 0 Å². The van der Waals surface area contributed by atoms with Gasteiger partial charge < -0.3 is 4.74 Å². The third-order valence-corrected chi connectivity index (χ3v) is 3.40. The van der Waals surface area contributed by atoms with E-state index < -0.39 is 22.4 Å². The van der Waals surface area contributed by atoms with Crippen molar-refractivity contribution in [1.29, 1.82) is 0 Å². The standard InChI is InChI=1S/C15H19F3N2O3/c1-5-23-14(10(4)9(2)3)19-11-6-7-13(20(21)22)12(8-11)15(16,17)18/h6-10H,5H2,1-4H3. The summed E-state index contributed by atoms with van der Waals surface area (Å²) in [6.07, 6.45) is -4.83. The molecule has 1 atom stereocenters. The zero-order valence-corrected chi connectivity index (χ0v) is 13.3. The van der Waals surface area contributed by atoms with E-state index in [1.807, 2.05) is 20.8 Å². The maximum absolute atomic E-state index is 13.0. The van der Waals surface area contributed by atoms with Crippen LogP contribution < -0.4 is 0 Å². The van der Waals surface area contributed by atoms with E-state index in [0.717, 1.165) is 6.07 Å². The zero-order valence-electron chi connectivity index (χ0n) is 13.3. The van der Waals surface area contributed by atoms with E-state index in [2.05, 4.69) is 4.99 Å². The van der Waals surface area contributed by atoms with Crippen LogP contribution in [0.3, 0.4) is 0 Å². The Hall–Kier alpha value is -2.12. The number of rotatable bonds is 5. The maximum atomic E-state index is 13.0. The molecule has 0 bridgehead atoms. The first-order valence-electron chi connectivity index (χ1n) is 7.14. The summed E-state index contributed by atoms with van der Waals surface area (Å²) in [5.41, 5.74) is -2.35. The van der Waals surface area contributed by atoms with E-state index in [4.69, 9.17) is 4.74 Å². The first-order valence-corrected chi connectivity index (χ1v) is 7.14. The van der Waals surface area contributed by atoms with Crippen molar-refractivity contribution in [2.75, 3.05) is 6.61 Å². The van der Waals surface area contributed by atoms with Crippen LogP contribution in [0.15, 0.2) is 23.2 Å². The highest BCUT2D eigenvalue weighted by molar-refractivity contribution is 5.81. The average Bonchev–Trinajstić information content (AvgIpc) is 2.44. The van der Waals surface area contributed by atoms with Gasteiger partial charge in [0.2, 0.25) is 0 Å². The Kier molecular flexibility index (Phi) is 6.12. The Morgan fingerprint density at radius 3 is 2.39 bits per heavy atom. The predicted molar refractivity (Wildman–Crippen MR) is 80.8 cm³/mol. The molecule has 1 aromatic carbocycles. The molecule has 1 aromatic rings. The Morgan fingerprint density at radius 1 is 1.35 bits per heavy atom. The van der Waals surface area contributed by atoms with Crippen LogP contribution in [-0.2, 0) is 10.9 Å². The van der Waals surface area contributed by atoms with Gasteiger partial charge in [-0.3, -0.25) is 10.1 Å². The van der Waals surface area contributed by atoms with Crippen molar-refractivity contribution >= 4 is 17.3 Å². The maximum Gasteiger partial charge on any atom is 0.423 e. The number of ether oxygens (including phenoxy) is 1. The smallest absolute Gasteiger partial charge is 0.423 e. The molecule has 0 radical (unpaired) electrons. The fourth-order valence-corrected chi connectivity index (χ4v) is 1.81. The van der Waals surface area contributed by atoms with Crippen molar-refractivity contribution < 1.29 is 22.8 Å². The molecule has 8 heteroatoms. The summed E-state index contributed by atoms with van der Waals surface area (Å²) < 4.78 is 44.3. The van der Waals surface area contributed by atoms with Crippen LogP contribution in [0, 0.1) is 22.0 Å². The minimum Gasteiger partial charge on any atom is -0.481 e. The molecule has 1 unspecified atom stereocenters. The molecular weight excluding hydrogens is 313 g/mol. The van der Waals surface area contributed by atoms with Crippen LogP contribution in [-0.4, -0.2) is 17.4 Å². The van der Waals surface area contributed by atoms with Crippen LogP contribution in [0.2, 0.25) is 0 Å². The fourth-order valence-electron chi connectivity index (χ4n) is 1.81. The van der Waals surface area contributed by atoms with Gasteiger partial charge in [-0.05, 0) is 25.0 Å². The highest BCUT2D eigenvalue weighted by atomic mass is 19.4. The third kappa shape index (κ3) is 4.94. The minimum absolute atomic E-state index is 0.0288. The number of hydrogen-bond donors (Lipinski definition) is 0. The molecule has 0 N–H and O–H groups in total. The molecule has 0 aromatic heterocycles. The monoisotopic (exact) mass is 332 g/mol. The van der Waals surface area contributed by atoms with E-state index in [1.54, 1.807) is 6.92 Å². The summed E-state index contributed by atoms with van der Waals surface area (Å²) >= 11 is 0. The lowest BCUT2D eigenvalue weighted by Gasteiger charge is -2.18. The van der Waals surface area contributed by atoms with Crippen LogP contribution >= 0.6 is 0 Å². The molecule has 0 aliphatic carbocycles. The van der Waals surface area contributed by atoms with Gasteiger partial charge >= 0.3 is 6.18 Å². The molecule has 0 spiro atoms. The van der Waals surface area contributed by atoms with Crippen molar-refractivity contribution in [3.63, 3.8) is 0 Å². The number of alkyl halides is 3. The average molecular weight is 332 g/mol. The zero-order chi connectivity index (χ0) is 17.8. The number of nitrogens with zero attached hydrogens (tertiary/aromatic N) is 2. The van der Waals surface area contributed by atoms with Crippen molar-refractivity contribution in [3.05, 3.63) is 33.9 Å². The van der Waals surface area contributed by atoms with Gasteiger partial charge in [0.1, 0.15) is 5.56 Å². The Labute approximate surface area is 132 Å². The van der Waals surface area contributed by atoms with Crippen LogP contribution in [0.4, 0.5) is 24.5 Å². The lowest BCUT2D eigenvalue weighted by Crippen LogP contribution is -2.20. The van der Waals surface area contributed by atoms with Crippen LogP contribution in [0.25, 0.3) is 0 Å². The summed E-state index contributed by atoms with van der Waals surface area (Å²) in [5.74, 6) is 0.393. The molecule has 0 fully saturated rings. The Morgan fingerprint density at radius 2 is 1.96 bits per heavy atom. The number of nitro benzene ring substituents is 1. The lowest BCUT2D eigenvalue weighted by molar-refractivity contribution is -0.388. The lowest BCUT2D eigenvalue weighted by atomic mass is 9.98. The van der Waals surface area contributed by atoms with Crippen LogP contribution in [0.1, 0.15) is 33.3 Å². The first kappa shape index (κ1) is 18.9. The number of nitro groups is 1. The van der Waals surface area contributed by atoms with Gasteiger partial charge in [-0.15, -0.1) is 0 Å². The van der Waals surface area contributed by atoms with Crippen molar-refractivity contribution in [2.45, 2.75) is 33.9 Å². The molecule has 5 nitrogen and oxygen atoms in total. The van der Waals surface area contributed by atoms with Crippen molar-refractivity contribution in [3.8, 4) is 0 Å². The second kappa shape index (κ2) is 7.43. The first-order chi connectivity index (χ1) is 10.6. The van der Waals surface area contributed by atoms with E-state index in [0.29, 0.717) is 18.6 Å². The number of benzene rings is 1. The number of hydrogen-bond acceptors (Lipinski definition) is 4. The SMILES string of the molecule is CCOC(=Nc1ccc([N+](=O)[O-])c(C(F)(F)F)c1)C(C)C(C)C. The van der Waals surface area contributed by atoms with E-state index in [-0.39, 0.29) is 17.5 Å². The summed E-state index contributed by atoms with van der Waals surface area (Å²) in [5, 5.41) is 10.7. The van der Waals surface area contributed by atoms with Gasteiger partial charge in [-0.1, -0.05) is 20.8 Å². The molecule has 0 aliphatic rings. The largest absolute Gasteiger partial charge is 0.481 e. The molecule has 23 heavy (non-hydrogen) atoms. The quantitative estimate of drug-likeness (QED) is 0.331. The van der Waals surface area contributed by atoms with Gasteiger partial charge in [0, 0.05) is 12.0 Å².